The molecule has 0 saturated carbocycles. The van der Waals surface area contributed by atoms with E-state index in [2.05, 4.69) is 0 Å². The Hall–Kier alpha value is -6.44. The third kappa shape index (κ3) is 4.47. The third-order valence-electron chi connectivity index (χ3n) is 8.37. The monoisotopic (exact) mass is 644 g/mol. The molecule has 0 aliphatic heterocycles. The smallest absolute Gasteiger partial charge is 0.143 e. The summed E-state index contributed by atoms with van der Waals surface area (Å²) in [6.07, 6.45) is 0. The van der Waals surface area contributed by atoms with Crippen LogP contribution in [0.1, 0.15) is 30.2 Å². The Bertz CT molecular complexity index is 4000. The summed E-state index contributed by atoms with van der Waals surface area (Å²) in [4.78, 5) is 0. The molecular formula is C48H30O. The molecule has 1 aromatic heterocycles. The van der Waals surface area contributed by atoms with Crippen molar-refractivity contribution in [2.45, 2.75) is 0 Å². The average Bonchev–Trinajstić information content (AvgIpc) is 3.76. The summed E-state index contributed by atoms with van der Waals surface area (Å²) in [6, 6.07) is -2.00. The predicted octanol–water partition coefficient (Wildman–Crippen LogP) is 13.7. The van der Waals surface area contributed by atoms with Gasteiger partial charge in [-0.05, 0) is 89.6 Å². The molecule has 0 saturated heterocycles. The van der Waals surface area contributed by atoms with Crippen LogP contribution in [-0.2, 0) is 0 Å². The minimum Gasteiger partial charge on any atom is -0.455 e. The lowest BCUT2D eigenvalue weighted by Crippen LogP contribution is -1.91. The van der Waals surface area contributed by atoms with Crippen molar-refractivity contribution in [1.82, 2.24) is 0 Å². The van der Waals surface area contributed by atoms with Crippen LogP contribution in [-0.4, -0.2) is 0 Å². The highest BCUT2D eigenvalue weighted by Gasteiger charge is 2.18. The molecule has 0 bridgehead atoms. The van der Waals surface area contributed by atoms with Crippen molar-refractivity contribution in [1.29, 1.82) is 0 Å². The molecule has 1 nitrogen and oxygen atoms in total. The van der Waals surface area contributed by atoms with Gasteiger partial charge in [-0.25, -0.2) is 0 Å². The molecule has 0 amide bonds. The topological polar surface area (TPSA) is 13.1 Å². The van der Waals surface area contributed by atoms with Gasteiger partial charge in [0.1, 0.15) is 11.2 Å². The molecule has 49 heavy (non-hydrogen) atoms. The molecule has 0 unspecified atom stereocenters. The molecule has 0 radical (unpaired) electrons. The molecule has 0 N–H and O–H groups in total. The van der Waals surface area contributed by atoms with Crippen LogP contribution < -0.4 is 0 Å². The zero-order chi connectivity index (χ0) is 51.5. The first-order valence-electron chi connectivity index (χ1n) is 26.1. The summed E-state index contributed by atoms with van der Waals surface area (Å²) in [5, 5.41) is 0.343. The molecular weight excluding hydrogens is 593 g/mol. The van der Waals surface area contributed by atoms with E-state index in [1.165, 1.54) is 0 Å². The maximum absolute atomic E-state index is 9.77. The van der Waals surface area contributed by atoms with Crippen LogP contribution >= 0.6 is 0 Å². The quantitative estimate of drug-likeness (QED) is 0.174. The highest BCUT2D eigenvalue weighted by Crippen LogP contribution is 2.45. The van der Waals surface area contributed by atoms with Crippen molar-refractivity contribution in [2.75, 3.05) is 0 Å². The molecule has 0 atom stereocenters. The van der Waals surface area contributed by atoms with Crippen LogP contribution in [0.2, 0.25) is 0 Å². The number of hydrogen-bond acceptors (Lipinski definition) is 1. The largest absolute Gasteiger partial charge is 0.455 e. The Morgan fingerprint density at radius 3 is 1.45 bits per heavy atom. The van der Waals surface area contributed by atoms with Gasteiger partial charge in [0.05, 0.1) is 30.2 Å². The van der Waals surface area contributed by atoms with E-state index in [1.54, 1.807) is 48.5 Å². The van der Waals surface area contributed by atoms with E-state index in [1.807, 2.05) is 0 Å². The van der Waals surface area contributed by atoms with Crippen molar-refractivity contribution in [2.24, 2.45) is 0 Å². The van der Waals surface area contributed by atoms with Gasteiger partial charge in [0.2, 0.25) is 0 Å². The highest BCUT2D eigenvalue weighted by atomic mass is 16.3. The molecule has 0 fully saturated rings. The molecule has 9 aromatic carbocycles. The molecule has 0 aliphatic rings. The summed E-state index contributed by atoms with van der Waals surface area (Å²) in [7, 11) is 0. The second kappa shape index (κ2) is 11.1. The maximum Gasteiger partial charge on any atom is 0.143 e. The van der Waals surface area contributed by atoms with Gasteiger partial charge in [-0.1, -0.05) is 163 Å². The Kier molecular flexibility index (Phi) is 3.07. The van der Waals surface area contributed by atoms with E-state index in [-0.39, 0.29) is 55.0 Å². The molecule has 10 aromatic rings. The summed E-state index contributed by atoms with van der Waals surface area (Å²) < 4.78 is 201. The van der Waals surface area contributed by atoms with Crippen molar-refractivity contribution >= 4 is 54.3 Å². The fourth-order valence-electron chi connectivity index (χ4n) is 6.20. The highest BCUT2D eigenvalue weighted by molar-refractivity contribution is 6.22. The molecule has 0 aliphatic carbocycles. The van der Waals surface area contributed by atoms with Crippen molar-refractivity contribution < 1.29 is 34.6 Å². The Morgan fingerprint density at radius 1 is 0.347 bits per heavy atom. The summed E-state index contributed by atoms with van der Waals surface area (Å²) in [6.45, 7) is 0. The number of benzene rings is 9. The minimum atomic E-state index is -0.857. The van der Waals surface area contributed by atoms with Gasteiger partial charge in [0, 0.05) is 16.2 Å². The van der Waals surface area contributed by atoms with Crippen LogP contribution in [0, 0.1) is 0 Å². The number of furan rings is 1. The zero-order valence-corrected chi connectivity index (χ0v) is 25.0. The van der Waals surface area contributed by atoms with E-state index in [9.17, 15) is 9.60 Å². The van der Waals surface area contributed by atoms with Crippen LogP contribution in [0.3, 0.4) is 0 Å². The average molecular weight is 645 g/mol. The van der Waals surface area contributed by atoms with Gasteiger partial charge >= 0.3 is 0 Å². The van der Waals surface area contributed by atoms with Crippen molar-refractivity contribution in [3.63, 3.8) is 0 Å². The Labute approximate surface area is 315 Å². The third-order valence-corrected chi connectivity index (χ3v) is 8.37. The maximum atomic E-state index is 9.77. The van der Waals surface area contributed by atoms with Gasteiger partial charge in [-0.3, -0.25) is 0 Å². The lowest BCUT2D eigenvalue weighted by Gasteiger charge is -2.18. The normalized spacial score (nSPS) is 18.0. The second-order valence-corrected chi connectivity index (χ2v) is 11.1. The van der Waals surface area contributed by atoms with Crippen molar-refractivity contribution in [3.8, 4) is 44.5 Å². The fourth-order valence-corrected chi connectivity index (χ4v) is 6.20. The van der Waals surface area contributed by atoms with Gasteiger partial charge in [-0.2, -0.15) is 0 Å². The van der Waals surface area contributed by atoms with E-state index in [0.717, 1.165) is 0 Å². The van der Waals surface area contributed by atoms with Gasteiger partial charge in [-0.15, -0.1) is 0 Å². The van der Waals surface area contributed by atoms with E-state index >= 15 is 0 Å². The lowest BCUT2D eigenvalue weighted by molar-refractivity contribution is 0.672. The molecule has 1 heterocycles. The lowest BCUT2D eigenvalue weighted by atomic mass is 9.85. The first-order chi connectivity index (χ1) is 33.5. The summed E-state index contributed by atoms with van der Waals surface area (Å²) in [5.74, 6) is 0. The standard InChI is InChI=1S/C48H30O/c1-2-10-31(11-3-1)32-18-20-33(21-19-32)34-22-24-36(25-23-34)46-39-14-6-8-16-41(39)47(42-17-9-7-15-40(42)46)37-27-29-45-44(30-37)43-28-26-35-12-4-5-13-38(35)48(43)49-45/h1-30H/i1D,2D,3D,4D,5D,10D,11D,12D,13D,18D,19D,20D,21D,22D,23D,24D,25D,26D,27D,28D,29D,30D. The van der Waals surface area contributed by atoms with Gasteiger partial charge < -0.3 is 4.42 Å². The van der Waals surface area contributed by atoms with Crippen LogP contribution in [0.5, 0.6) is 0 Å². The van der Waals surface area contributed by atoms with Crippen LogP contribution in [0.25, 0.3) is 98.8 Å². The van der Waals surface area contributed by atoms with Crippen LogP contribution in [0.4, 0.5) is 0 Å². The Morgan fingerprint density at radius 2 is 0.837 bits per heavy atom. The first kappa shape index (κ1) is 13.6. The SMILES string of the molecule is [2H]c1c([2H])c([2H])c(-c2c([2H])c([2H])c(-c3c([2H])c([2H])c(-c4c5ccccc5c(-c5c([2H])c([2H])c6oc7c8c([2H])c([2H])c([2H])c([2H])c8c([2H])c([2H])c7c6c5[2H])c5ccccc45)c([2H])c3[2H])c([2H])c2[2H])c([2H])c1[2H]. The second-order valence-electron chi connectivity index (χ2n) is 11.1. The summed E-state index contributed by atoms with van der Waals surface area (Å²) in [5.41, 5.74) is -3.06. The van der Waals surface area contributed by atoms with E-state index < -0.39 is 155 Å². The molecule has 10 rings (SSSR count). The Balaban J connectivity index is 1.26. The van der Waals surface area contributed by atoms with Crippen molar-refractivity contribution in [3.05, 3.63) is 181 Å². The molecule has 0 spiro atoms. The first-order valence-corrected chi connectivity index (χ1v) is 15.1. The summed E-state index contributed by atoms with van der Waals surface area (Å²) >= 11 is 0. The van der Waals surface area contributed by atoms with Gasteiger partial charge in [0.15, 0.2) is 0 Å². The predicted molar refractivity (Wildman–Crippen MR) is 208 cm³/mol. The van der Waals surface area contributed by atoms with E-state index in [4.69, 9.17) is 25.0 Å². The molecule has 228 valence electrons. The van der Waals surface area contributed by atoms with Crippen LogP contribution in [0.15, 0.2) is 186 Å². The number of rotatable bonds is 4. The number of hydrogen-bond donors (Lipinski definition) is 0. The fraction of sp³-hybridized carbons (Fsp3) is 0. The minimum absolute atomic E-state index is 0.129. The zero-order valence-electron chi connectivity index (χ0n) is 47.0. The number of fused-ring (bicyclic) bond motifs is 7. The van der Waals surface area contributed by atoms with E-state index in [0.29, 0.717) is 21.5 Å². The van der Waals surface area contributed by atoms with Gasteiger partial charge in [0.25, 0.3) is 0 Å². The molecule has 1 heteroatoms.